The molecule has 0 fully saturated rings. The Morgan fingerprint density at radius 2 is 1.89 bits per heavy atom. The van der Waals surface area contributed by atoms with E-state index in [-0.39, 0.29) is 16.3 Å². The molecule has 0 radical (unpaired) electrons. The highest BCUT2D eigenvalue weighted by Crippen LogP contribution is 2.22. The molecule has 0 bridgehead atoms. The lowest BCUT2D eigenvalue weighted by Gasteiger charge is -2.15. The van der Waals surface area contributed by atoms with Crippen LogP contribution in [0, 0.1) is 5.82 Å². The third-order valence-corrected chi connectivity index (χ3v) is 3.92. The molecule has 28 heavy (non-hydrogen) atoms. The molecule has 0 saturated heterocycles. The van der Waals surface area contributed by atoms with Gasteiger partial charge in [0.15, 0.2) is 6.10 Å². The van der Waals surface area contributed by atoms with Crippen molar-refractivity contribution in [2.75, 3.05) is 19.0 Å². The minimum atomic E-state index is -1.16. The second kappa shape index (κ2) is 9.70. The summed E-state index contributed by atoms with van der Waals surface area (Å²) < 4.78 is 23.1. The van der Waals surface area contributed by atoms with Crippen molar-refractivity contribution >= 4 is 35.1 Å². The van der Waals surface area contributed by atoms with Crippen LogP contribution in [0.1, 0.15) is 17.3 Å². The number of halogens is 2. The molecule has 7 nitrogen and oxygen atoms in total. The molecule has 0 spiro atoms. The monoisotopic (exact) mass is 408 g/mol. The number of amides is 2. The van der Waals surface area contributed by atoms with Crippen LogP contribution >= 0.6 is 11.6 Å². The van der Waals surface area contributed by atoms with E-state index in [2.05, 4.69) is 10.6 Å². The SMILES string of the molecule is COc1ccccc1C(=O)NCC(=O)O[C@@H](C)C(=O)Nc1ccc(F)cc1Cl. The molecule has 2 aromatic rings. The zero-order chi connectivity index (χ0) is 20.7. The number of esters is 1. The summed E-state index contributed by atoms with van der Waals surface area (Å²) in [6.07, 6.45) is -1.16. The number of para-hydroxylation sites is 1. The van der Waals surface area contributed by atoms with Crippen LogP contribution in [0.4, 0.5) is 10.1 Å². The lowest BCUT2D eigenvalue weighted by molar-refractivity contribution is -0.152. The number of carbonyl (C=O) groups excluding carboxylic acids is 3. The number of methoxy groups -OCH3 is 1. The Labute approximate surface area is 165 Å². The Hall–Kier alpha value is -3.13. The molecule has 0 unspecified atom stereocenters. The van der Waals surface area contributed by atoms with E-state index in [9.17, 15) is 18.8 Å². The Bertz CT molecular complexity index is 890. The smallest absolute Gasteiger partial charge is 0.326 e. The van der Waals surface area contributed by atoms with Gasteiger partial charge in [0.25, 0.3) is 11.8 Å². The molecule has 2 amide bonds. The van der Waals surface area contributed by atoms with Crippen LogP contribution in [-0.4, -0.2) is 37.5 Å². The molecule has 148 valence electrons. The maximum Gasteiger partial charge on any atom is 0.326 e. The van der Waals surface area contributed by atoms with Gasteiger partial charge in [-0.2, -0.15) is 0 Å². The van der Waals surface area contributed by atoms with Crippen molar-refractivity contribution in [2.24, 2.45) is 0 Å². The molecule has 2 N–H and O–H groups in total. The van der Waals surface area contributed by atoms with E-state index >= 15 is 0 Å². The first-order chi connectivity index (χ1) is 13.3. The van der Waals surface area contributed by atoms with Crippen LogP contribution in [0.15, 0.2) is 42.5 Å². The average Bonchev–Trinajstić information content (AvgIpc) is 2.68. The summed E-state index contributed by atoms with van der Waals surface area (Å²) in [7, 11) is 1.42. The van der Waals surface area contributed by atoms with Crippen LogP contribution in [-0.2, 0) is 14.3 Å². The van der Waals surface area contributed by atoms with Crippen molar-refractivity contribution in [2.45, 2.75) is 13.0 Å². The number of nitrogens with one attached hydrogen (secondary N) is 2. The highest BCUT2D eigenvalue weighted by Gasteiger charge is 2.20. The van der Waals surface area contributed by atoms with Crippen LogP contribution in [0.5, 0.6) is 5.75 Å². The molecule has 0 aliphatic heterocycles. The highest BCUT2D eigenvalue weighted by molar-refractivity contribution is 6.33. The van der Waals surface area contributed by atoms with Gasteiger partial charge in [0.05, 0.1) is 23.4 Å². The Balaban J connectivity index is 1.86. The van der Waals surface area contributed by atoms with Gasteiger partial charge in [-0.25, -0.2) is 4.39 Å². The molecular weight excluding hydrogens is 391 g/mol. The lowest BCUT2D eigenvalue weighted by atomic mass is 10.2. The zero-order valence-corrected chi connectivity index (χ0v) is 15.9. The number of ether oxygens (including phenoxy) is 2. The summed E-state index contributed by atoms with van der Waals surface area (Å²) >= 11 is 5.83. The van der Waals surface area contributed by atoms with Gasteiger partial charge in [0, 0.05) is 0 Å². The number of hydrogen-bond acceptors (Lipinski definition) is 5. The summed E-state index contributed by atoms with van der Waals surface area (Å²) in [6.45, 7) is 0.915. The first-order valence-electron chi connectivity index (χ1n) is 8.18. The van der Waals surface area contributed by atoms with Gasteiger partial charge in [-0.05, 0) is 37.3 Å². The molecule has 1 atom stereocenters. The summed E-state index contributed by atoms with van der Waals surface area (Å²) in [4.78, 5) is 36.1. The van der Waals surface area contributed by atoms with Crippen molar-refractivity contribution < 1.29 is 28.2 Å². The molecule has 2 rings (SSSR count). The van der Waals surface area contributed by atoms with Gasteiger partial charge in [-0.1, -0.05) is 23.7 Å². The van der Waals surface area contributed by atoms with E-state index in [0.29, 0.717) is 5.75 Å². The maximum absolute atomic E-state index is 13.0. The Morgan fingerprint density at radius 1 is 1.18 bits per heavy atom. The number of hydrogen-bond donors (Lipinski definition) is 2. The fraction of sp³-hybridized carbons (Fsp3) is 0.211. The first-order valence-corrected chi connectivity index (χ1v) is 8.56. The third kappa shape index (κ3) is 5.68. The third-order valence-electron chi connectivity index (χ3n) is 3.61. The molecule has 2 aromatic carbocycles. The number of anilines is 1. The number of carbonyl (C=O) groups is 3. The van der Waals surface area contributed by atoms with E-state index in [1.165, 1.54) is 20.1 Å². The van der Waals surface area contributed by atoms with Crippen molar-refractivity contribution in [3.63, 3.8) is 0 Å². The number of benzene rings is 2. The summed E-state index contributed by atoms with van der Waals surface area (Å²) in [5.74, 6) is -2.18. The van der Waals surface area contributed by atoms with Crippen LogP contribution in [0.2, 0.25) is 5.02 Å². The van der Waals surface area contributed by atoms with Gasteiger partial charge in [0.1, 0.15) is 18.1 Å². The van der Waals surface area contributed by atoms with E-state index < -0.39 is 36.2 Å². The van der Waals surface area contributed by atoms with E-state index in [4.69, 9.17) is 21.1 Å². The Kier molecular flexibility index (Phi) is 7.34. The summed E-state index contributed by atoms with van der Waals surface area (Å²) in [5, 5.41) is 4.83. The fourth-order valence-electron chi connectivity index (χ4n) is 2.20. The fourth-order valence-corrected chi connectivity index (χ4v) is 2.41. The molecule has 0 heterocycles. The second-order valence-corrected chi connectivity index (χ2v) is 6.04. The molecular formula is C19H18ClFN2O5. The average molecular weight is 409 g/mol. The maximum atomic E-state index is 13.0. The van der Waals surface area contributed by atoms with E-state index in [1.54, 1.807) is 24.3 Å². The van der Waals surface area contributed by atoms with Crippen molar-refractivity contribution in [1.29, 1.82) is 0 Å². The molecule has 0 aromatic heterocycles. The molecule has 0 aliphatic rings. The number of rotatable bonds is 7. The highest BCUT2D eigenvalue weighted by atomic mass is 35.5. The summed E-state index contributed by atoms with van der Waals surface area (Å²) in [5.41, 5.74) is 0.440. The largest absolute Gasteiger partial charge is 0.496 e. The lowest BCUT2D eigenvalue weighted by Crippen LogP contribution is -2.36. The van der Waals surface area contributed by atoms with Gasteiger partial charge in [-0.15, -0.1) is 0 Å². The van der Waals surface area contributed by atoms with Crippen LogP contribution in [0.25, 0.3) is 0 Å². The van der Waals surface area contributed by atoms with Crippen LogP contribution < -0.4 is 15.4 Å². The quantitative estimate of drug-likeness (QED) is 0.687. The normalized spacial score (nSPS) is 11.3. The molecule has 0 saturated carbocycles. The van der Waals surface area contributed by atoms with Crippen molar-refractivity contribution in [1.82, 2.24) is 5.32 Å². The molecule has 9 heteroatoms. The van der Waals surface area contributed by atoms with Crippen molar-refractivity contribution in [3.8, 4) is 5.75 Å². The van der Waals surface area contributed by atoms with E-state index in [1.807, 2.05) is 0 Å². The minimum Gasteiger partial charge on any atom is -0.496 e. The standard InChI is InChI=1S/C19H18ClFN2O5/c1-11(18(25)23-15-8-7-12(21)9-14(15)20)28-17(24)10-22-19(26)13-5-3-4-6-16(13)27-2/h3-9,11H,10H2,1-2H3,(H,22,26)(H,23,25)/t11-/m0/s1. The van der Waals surface area contributed by atoms with Gasteiger partial charge >= 0.3 is 5.97 Å². The van der Waals surface area contributed by atoms with Crippen LogP contribution in [0.3, 0.4) is 0 Å². The predicted octanol–water partition coefficient (Wildman–Crippen LogP) is 2.79. The van der Waals surface area contributed by atoms with Crippen molar-refractivity contribution in [3.05, 3.63) is 58.9 Å². The summed E-state index contributed by atoms with van der Waals surface area (Å²) in [6, 6.07) is 9.98. The van der Waals surface area contributed by atoms with Gasteiger partial charge in [-0.3, -0.25) is 14.4 Å². The predicted molar refractivity (Wildman–Crippen MR) is 101 cm³/mol. The first kappa shape index (κ1) is 21.2. The van der Waals surface area contributed by atoms with E-state index in [0.717, 1.165) is 12.1 Å². The second-order valence-electron chi connectivity index (χ2n) is 5.63. The topological polar surface area (TPSA) is 93.7 Å². The van der Waals surface area contributed by atoms with Gasteiger partial charge in [0.2, 0.25) is 0 Å². The molecule has 0 aliphatic carbocycles. The minimum absolute atomic E-state index is 0.0101. The van der Waals surface area contributed by atoms with Gasteiger partial charge < -0.3 is 20.1 Å². The zero-order valence-electron chi connectivity index (χ0n) is 15.1. The Morgan fingerprint density at radius 3 is 2.57 bits per heavy atom.